The van der Waals surface area contributed by atoms with Crippen LogP contribution in [0, 0.1) is 0 Å². The minimum absolute atomic E-state index is 0.0995. The summed E-state index contributed by atoms with van der Waals surface area (Å²) in [5.41, 5.74) is 3.14. The molecule has 3 rings (SSSR count). The number of carboxylic acids is 1. The molecule has 1 unspecified atom stereocenters. The number of piperidine rings is 1. The van der Waals surface area contributed by atoms with E-state index in [2.05, 4.69) is 34.5 Å². The van der Waals surface area contributed by atoms with Crippen molar-refractivity contribution in [3.05, 3.63) is 71.3 Å². The molecule has 1 saturated heterocycles. The molecule has 0 bridgehead atoms. The Morgan fingerprint density at radius 2 is 1.91 bits per heavy atom. The van der Waals surface area contributed by atoms with Gasteiger partial charge in [0, 0.05) is 18.8 Å². The number of carboxylic acid groups (broad SMARTS) is 1. The van der Waals surface area contributed by atoms with Crippen molar-refractivity contribution in [3.63, 3.8) is 0 Å². The summed E-state index contributed by atoms with van der Waals surface area (Å²) in [6, 6.07) is 13.0. The summed E-state index contributed by atoms with van der Waals surface area (Å²) in [6.07, 6.45) is 8.58. The first-order valence-electron chi connectivity index (χ1n) is 11.8. The Balaban J connectivity index is 1.79. The van der Waals surface area contributed by atoms with E-state index in [4.69, 9.17) is 4.74 Å². The van der Waals surface area contributed by atoms with Crippen molar-refractivity contribution in [1.82, 2.24) is 5.32 Å². The average Bonchev–Trinajstić information content (AvgIpc) is 2.82. The van der Waals surface area contributed by atoms with Gasteiger partial charge in [-0.15, -0.1) is 0 Å². The first kappa shape index (κ1) is 24.4. The number of allylic oxidation sites excluding steroid dienone is 1. The number of ether oxygens (including phenoxy) is 1. The third kappa shape index (κ3) is 6.60. The van der Waals surface area contributed by atoms with Gasteiger partial charge >= 0.3 is 5.97 Å². The molecule has 1 aliphatic rings. The summed E-state index contributed by atoms with van der Waals surface area (Å²) >= 11 is 0. The molecular formula is C27H34N2O4. The predicted molar refractivity (Wildman–Crippen MR) is 131 cm³/mol. The maximum absolute atomic E-state index is 13.0. The van der Waals surface area contributed by atoms with Crippen LogP contribution in [0.25, 0.3) is 0 Å². The topological polar surface area (TPSA) is 78.9 Å². The SMILES string of the molecule is CC=CCC(NC(=O)Cc1ccc(C(=O)O)c(OCC)c1)c1ccccc1N1CCCCC1. The Kier molecular flexibility index (Phi) is 8.93. The van der Waals surface area contributed by atoms with Crippen LogP contribution < -0.4 is 15.0 Å². The number of aromatic carboxylic acids is 1. The van der Waals surface area contributed by atoms with Crippen LogP contribution in [0.4, 0.5) is 5.69 Å². The van der Waals surface area contributed by atoms with Crippen LogP contribution in [0.15, 0.2) is 54.6 Å². The number of amides is 1. The van der Waals surface area contributed by atoms with Crippen LogP contribution >= 0.6 is 0 Å². The van der Waals surface area contributed by atoms with Gasteiger partial charge in [0.05, 0.1) is 19.1 Å². The van der Waals surface area contributed by atoms with Crippen LogP contribution in [0.5, 0.6) is 5.75 Å². The molecule has 1 amide bonds. The number of rotatable bonds is 10. The number of anilines is 1. The highest BCUT2D eigenvalue weighted by atomic mass is 16.5. The standard InChI is InChI=1S/C27H34N2O4/c1-3-5-12-23(21-11-7-8-13-24(21)29-16-9-6-10-17-29)28-26(30)19-20-14-15-22(27(31)32)25(18-20)33-4-2/h3,5,7-8,11,13-15,18,23H,4,6,9-10,12,16-17,19H2,1-2H3,(H,28,30)(H,31,32). The number of nitrogens with zero attached hydrogens (tertiary/aromatic N) is 1. The van der Waals surface area contributed by atoms with E-state index >= 15 is 0 Å². The van der Waals surface area contributed by atoms with Crippen molar-refractivity contribution in [1.29, 1.82) is 0 Å². The predicted octanol–water partition coefficient (Wildman–Crippen LogP) is 5.14. The number of benzene rings is 2. The van der Waals surface area contributed by atoms with E-state index in [1.54, 1.807) is 19.1 Å². The monoisotopic (exact) mass is 450 g/mol. The Hall–Kier alpha value is -3.28. The van der Waals surface area contributed by atoms with Gasteiger partial charge in [0.15, 0.2) is 0 Å². The normalized spacial score (nSPS) is 14.8. The summed E-state index contributed by atoms with van der Waals surface area (Å²) in [5, 5.41) is 12.6. The van der Waals surface area contributed by atoms with E-state index in [-0.39, 0.29) is 29.7 Å². The minimum Gasteiger partial charge on any atom is -0.493 e. The average molecular weight is 451 g/mol. The Bertz CT molecular complexity index is 980. The second kappa shape index (κ2) is 12.1. The van der Waals surface area contributed by atoms with Crippen molar-refractivity contribution in [2.75, 3.05) is 24.6 Å². The molecule has 6 nitrogen and oxygen atoms in total. The fourth-order valence-electron chi connectivity index (χ4n) is 4.30. The Labute approximate surface area is 196 Å². The third-order valence-corrected chi connectivity index (χ3v) is 5.89. The van der Waals surface area contributed by atoms with Gasteiger partial charge in [-0.25, -0.2) is 4.79 Å². The number of carbonyl (C=O) groups is 2. The van der Waals surface area contributed by atoms with Gasteiger partial charge in [-0.3, -0.25) is 4.79 Å². The second-order valence-corrected chi connectivity index (χ2v) is 8.28. The van der Waals surface area contributed by atoms with Crippen molar-refractivity contribution >= 4 is 17.6 Å². The van der Waals surface area contributed by atoms with Gasteiger partial charge in [-0.05, 0) is 68.9 Å². The smallest absolute Gasteiger partial charge is 0.339 e. The highest BCUT2D eigenvalue weighted by Gasteiger charge is 2.21. The lowest BCUT2D eigenvalue weighted by atomic mass is 9.98. The summed E-state index contributed by atoms with van der Waals surface area (Å²) < 4.78 is 5.48. The Morgan fingerprint density at radius 3 is 2.61 bits per heavy atom. The zero-order chi connectivity index (χ0) is 23.6. The van der Waals surface area contributed by atoms with E-state index in [0.717, 1.165) is 24.2 Å². The lowest BCUT2D eigenvalue weighted by Gasteiger charge is -2.32. The summed E-state index contributed by atoms with van der Waals surface area (Å²) in [4.78, 5) is 26.9. The van der Waals surface area contributed by atoms with Gasteiger partial charge in [0.2, 0.25) is 5.91 Å². The first-order chi connectivity index (χ1) is 16.0. The molecular weight excluding hydrogens is 416 g/mol. The van der Waals surface area contributed by atoms with Crippen molar-refractivity contribution in [3.8, 4) is 5.75 Å². The first-order valence-corrected chi connectivity index (χ1v) is 11.8. The molecule has 0 radical (unpaired) electrons. The molecule has 2 N–H and O–H groups in total. The van der Waals surface area contributed by atoms with Crippen molar-refractivity contribution in [2.24, 2.45) is 0 Å². The van der Waals surface area contributed by atoms with E-state index < -0.39 is 5.97 Å². The summed E-state index contributed by atoms with van der Waals surface area (Å²) in [7, 11) is 0. The molecule has 176 valence electrons. The zero-order valence-electron chi connectivity index (χ0n) is 19.5. The van der Waals surface area contributed by atoms with Crippen molar-refractivity contribution < 1.29 is 19.4 Å². The minimum atomic E-state index is -1.05. The molecule has 1 atom stereocenters. The summed E-state index contributed by atoms with van der Waals surface area (Å²) in [5.74, 6) is -0.866. The molecule has 1 aliphatic heterocycles. The summed E-state index contributed by atoms with van der Waals surface area (Å²) in [6.45, 7) is 6.22. The molecule has 6 heteroatoms. The molecule has 0 aromatic heterocycles. The second-order valence-electron chi connectivity index (χ2n) is 8.28. The lowest BCUT2D eigenvalue weighted by molar-refractivity contribution is -0.121. The highest BCUT2D eigenvalue weighted by Crippen LogP contribution is 2.31. The molecule has 2 aromatic rings. The lowest BCUT2D eigenvalue weighted by Crippen LogP contribution is -2.34. The number of carbonyl (C=O) groups excluding carboxylic acids is 1. The molecule has 33 heavy (non-hydrogen) atoms. The van der Waals surface area contributed by atoms with E-state index in [1.807, 2.05) is 19.1 Å². The maximum Gasteiger partial charge on any atom is 0.339 e. The fourth-order valence-corrected chi connectivity index (χ4v) is 4.30. The van der Waals surface area contributed by atoms with Gasteiger partial charge in [0.25, 0.3) is 0 Å². The zero-order valence-corrected chi connectivity index (χ0v) is 19.5. The van der Waals surface area contributed by atoms with Crippen LogP contribution in [0.3, 0.4) is 0 Å². The third-order valence-electron chi connectivity index (χ3n) is 5.89. The Morgan fingerprint density at radius 1 is 1.15 bits per heavy atom. The number of hydrogen-bond donors (Lipinski definition) is 2. The van der Waals surface area contributed by atoms with Crippen molar-refractivity contribution in [2.45, 2.75) is 52.0 Å². The van der Waals surface area contributed by atoms with Gasteiger partial charge in [-0.1, -0.05) is 36.4 Å². The molecule has 1 fully saturated rings. The number of para-hydroxylation sites is 1. The molecule has 1 heterocycles. The van der Waals surface area contributed by atoms with Crippen LogP contribution in [0.1, 0.15) is 67.1 Å². The van der Waals surface area contributed by atoms with Crippen LogP contribution in [-0.4, -0.2) is 36.7 Å². The molecule has 0 saturated carbocycles. The van der Waals surface area contributed by atoms with Crippen LogP contribution in [-0.2, 0) is 11.2 Å². The molecule has 0 spiro atoms. The van der Waals surface area contributed by atoms with Crippen LogP contribution in [0.2, 0.25) is 0 Å². The van der Waals surface area contributed by atoms with E-state index in [9.17, 15) is 14.7 Å². The van der Waals surface area contributed by atoms with Gasteiger partial charge < -0.3 is 20.1 Å². The van der Waals surface area contributed by atoms with Gasteiger partial charge in [0.1, 0.15) is 11.3 Å². The molecule has 0 aliphatic carbocycles. The fraction of sp³-hybridized carbons (Fsp3) is 0.407. The number of nitrogens with one attached hydrogen (secondary N) is 1. The van der Waals surface area contributed by atoms with E-state index in [0.29, 0.717) is 13.0 Å². The largest absolute Gasteiger partial charge is 0.493 e. The highest BCUT2D eigenvalue weighted by molar-refractivity contribution is 5.91. The maximum atomic E-state index is 13.0. The van der Waals surface area contributed by atoms with E-state index in [1.165, 1.54) is 31.0 Å². The number of hydrogen-bond acceptors (Lipinski definition) is 4. The van der Waals surface area contributed by atoms with Gasteiger partial charge in [-0.2, -0.15) is 0 Å². The molecule has 2 aromatic carbocycles. The quantitative estimate of drug-likeness (QED) is 0.490.